The highest BCUT2D eigenvalue weighted by atomic mass is 16.4. The van der Waals surface area contributed by atoms with Crippen molar-refractivity contribution in [1.82, 2.24) is 5.32 Å². The van der Waals surface area contributed by atoms with E-state index in [1.807, 2.05) is 0 Å². The Morgan fingerprint density at radius 3 is 2.36 bits per heavy atom. The van der Waals surface area contributed by atoms with Crippen LogP contribution in [0.15, 0.2) is 0 Å². The second-order valence-electron chi connectivity index (χ2n) is 3.75. The number of aliphatic carboxylic acids is 1. The van der Waals surface area contributed by atoms with Gasteiger partial charge in [-0.25, -0.2) is 0 Å². The number of carbonyl (C=O) groups excluding carboxylic acids is 1. The van der Waals surface area contributed by atoms with Crippen molar-refractivity contribution in [2.24, 2.45) is 5.73 Å². The monoisotopic (exact) mass is 200 g/mol. The van der Waals surface area contributed by atoms with Crippen molar-refractivity contribution >= 4 is 11.9 Å². The van der Waals surface area contributed by atoms with E-state index >= 15 is 0 Å². The number of amides is 1. The maximum absolute atomic E-state index is 11.1. The second-order valence-corrected chi connectivity index (χ2v) is 3.75. The zero-order valence-electron chi connectivity index (χ0n) is 8.03. The molecule has 0 aromatic carbocycles. The van der Waals surface area contributed by atoms with E-state index in [2.05, 4.69) is 5.32 Å². The summed E-state index contributed by atoms with van der Waals surface area (Å²) in [6.45, 7) is 0. The predicted octanol–water partition coefficient (Wildman–Crippen LogP) is -0.153. The Hall–Kier alpha value is -1.10. The Morgan fingerprint density at radius 2 is 1.86 bits per heavy atom. The molecule has 0 radical (unpaired) electrons. The Labute approximate surface area is 82.7 Å². The minimum atomic E-state index is -1.09. The molecule has 4 N–H and O–H groups in total. The molecule has 1 aliphatic carbocycles. The van der Waals surface area contributed by atoms with E-state index in [0.29, 0.717) is 0 Å². The molecule has 0 unspecified atom stereocenters. The first-order chi connectivity index (χ1) is 6.58. The minimum absolute atomic E-state index is 0.113. The molecule has 0 saturated heterocycles. The molecule has 1 saturated carbocycles. The molecule has 5 heteroatoms. The van der Waals surface area contributed by atoms with Crippen molar-refractivity contribution < 1.29 is 14.7 Å². The van der Waals surface area contributed by atoms with Crippen molar-refractivity contribution in [3.05, 3.63) is 0 Å². The molecule has 1 rings (SSSR count). The summed E-state index contributed by atoms with van der Waals surface area (Å²) in [5, 5.41) is 11.1. The van der Waals surface area contributed by atoms with Crippen LogP contribution in [0, 0.1) is 0 Å². The van der Waals surface area contributed by atoms with Crippen LogP contribution in [0.3, 0.4) is 0 Å². The molecule has 0 aliphatic heterocycles. The summed E-state index contributed by atoms with van der Waals surface area (Å²) in [6.07, 6.45) is 3.07. The van der Waals surface area contributed by atoms with Gasteiger partial charge in [0, 0.05) is 12.1 Å². The van der Waals surface area contributed by atoms with Crippen LogP contribution in [-0.2, 0) is 9.59 Å². The summed E-state index contributed by atoms with van der Waals surface area (Å²) < 4.78 is 0. The van der Waals surface area contributed by atoms with Gasteiger partial charge in [0.2, 0.25) is 5.91 Å². The number of nitrogens with one attached hydrogen (secondary N) is 1. The van der Waals surface area contributed by atoms with E-state index in [1.54, 1.807) is 0 Å². The van der Waals surface area contributed by atoms with Crippen LogP contribution < -0.4 is 11.1 Å². The normalized spacial score (nSPS) is 26.9. The lowest BCUT2D eigenvalue weighted by atomic mass is 9.92. The Bertz CT molecular complexity index is 222. The van der Waals surface area contributed by atoms with Crippen molar-refractivity contribution in [3.8, 4) is 0 Å². The Morgan fingerprint density at radius 1 is 1.29 bits per heavy atom. The molecule has 1 amide bonds. The number of hydrogen-bond donors (Lipinski definition) is 3. The summed E-state index contributed by atoms with van der Waals surface area (Å²) in [6, 6.07) is 0.351. The van der Waals surface area contributed by atoms with Crippen LogP contribution in [-0.4, -0.2) is 29.1 Å². The van der Waals surface area contributed by atoms with Gasteiger partial charge in [0.25, 0.3) is 0 Å². The van der Waals surface area contributed by atoms with Gasteiger partial charge in [-0.05, 0) is 25.7 Å². The highest BCUT2D eigenvalue weighted by Gasteiger charge is 2.20. The van der Waals surface area contributed by atoms with Gasteiger partial charge in [0.05, 0.1) is 0 Å². The van der Waals surface area contributed by atoms with Crippen molar-refractivity contribution in [2.45, 2.75) is 44.2 Å². The lowest BCUT2D eigenvalue weighted by molar-refractivity contribution is -0.140. The van der Waals surface area contributed by atoms with E-state index < -0.39 is 18.3 Å². The van der Waals surface area contributed by atoms with E-state index in [-0.39, 0.29) is 12.1 Å². The predicted molar refractivity (Wildman–Crippen MR) is 50.6 cm³/mol. The fourth-order valence-electron chi connectivity index (χ4n) is 1.68. The van der Waals surface area contributed by atoms with Crippen molar-refractivity contribution in [2.75, 3.05) is 0 Å². The first kappa shape index (κ1) is 11.0. The van der Waals surface area contributed by atoms with Crippen molar-refractivity contribution in [1.29, 1.82) is 0 Å². The third-order valence-electron chi connectivity index (χ3n) is 2.45. The van der Waals surface area contributed by atoms with Crippen LogP contribution in [0.1, 0.15) is 32.1 Å². The fraction of sp³-hybridized carbons (Fsp3) is 0.778. The zero-order chi connectivity index (χ0) is 10.6. The van der Waals surface area contributed by atoms with E-state index in [9.17, 15) is 9.59 Å². The molecule has 0 heterocycles. The molecular weight excluding hydrogens is 184 g/mol. The highest BCUT2D eigenvalue weighted by Crippen LogP contribution is 2.16. The SMILES string of the molecule is NC1CCC(NC(=O)CC(=O)O)CC1. The summed E-state index contributed by atoms with van der Waals surface area (Å²) >= 11 is 0. The molecule has 80 valence electrons. The molecular formula is C9H16N2O3. The largest absolute Gasteiger partial charge is 0.481 e. The standard InChI is InChI=1S/C9H16N2O3/c10-6-1-3-7(4-2-6)11-8(12)5-9(13)14/h6-7H,1-5,10H2,(H,11,12)(H,13,14). The number of carbonyl (C=O) groups is 2. The second kappa shape index (κ2) is 4.95. The molecule has 5 nitrogen and oxygen atoms in total. The van der Waals surface area contributed by atoms with Gasteiger partial charge in [-0.15, -0.1) is 0 Å². The molecule has 0 spiro atoms. The molecule has 0 bridgehead atoms. The first-order valence-electron chi connectivity index (χ1n) is 4.84. The van der Waals surface area contributed by atoms with E-state index in [0.717, 1.165) is 25.7 Å². The van der Waals surface area contributed by atoms with E-state index in [1.165, 1.54) is 0 Å². The lowest BCUT2D eigenvalue weighted by Gasteiger charge is -2.26. The number of carboxylic acids is 1. The first-order valence-corrected chi connectivity index (χ1v) is 4.84. The maximum Gasteiger partial charge on any atom is 0.312 e. The number of nitrogens with two attached hydrogens (primary N) is 1. The van der Waals surface area contributed by atoms with Gasteiger partial charge in [-0.1, -0.05) is 0 Å². The summed E-state index contributed by atoms with van der Waals surface area (Å²) in [5.74, 6) is -1.49. The number of carboxylic acid groups (broad SMARTS) is 1. The van der Waals surface area contributed by atoms with Gasteiger partial charge in [-0.2, -0.15) is 0 Å². The maximum atomic E-state index is 11.1. The van der Waals surface area contributed by atoms with Gasteiger partial charge in [0.15, 0.2) is 0 Å². The Balaban J connectivity index is 2.24. The van der Waals surface area contributed by atoms with Crippen LogP contribution >= 0.6 is 0 Å². The molecule has 0 aromatic heterocycles. The van der Waals surface area contributed by atoms with Crippen LogP contribution in [0.5, 0.6) is 0 Å². The summed E-state index contributed by atoms with van der Waals surface area (Å²) in [7, 11) is 0. The third-order valence-corrected chi connectivity index (χ3v) is 2.45. The summed E-state index contributed by atoms with van der Waals surface area (Å²) in [4.78, 5) is 21.3. The summed E-state index contributed by atoms with van der Waals surface area (Å²) in [5.41, 5.74) is 5.70. The van der Waals surface area contributed by atoms with Crippen LogP contribution in [0.2, 0.25) is 0 Å². The molecule has 14 heavy (non-hydrogen) atoms. The van der Waals surface area contributed by atoms with Gasteiger partial charge in [-0.3, -0.25) is 9.59 Å². The molecule has 0 atom stereocenters. The molecule has 0 aromatic rings. The minimum Gasteiger partial charge on any atom is -0.481 e. The highest BCUT2D eigenvalue weighted by molar-refractivity contribution is 5.93. The number of hydrogen-bond acceptors (Lipinski definition) is 3. The van der Waals surface area contributed by atoms with Crippen LogP contribution in [0.4, 0.5) is 0 Å². The topological polar surface area (TPSA) is 92.4 Å². The smallest absolute Gasteiger partial charge is 0.312 e. The quantitative estimate of drug-likeness (QED) is 0.552. The van der Waals surface area contributed by atoms with Gasteiger partial charge >= 0.3 is 5.97 Å². The van der Waals surface area contributed by atoms with Gasteiger partial charge in [0.1, 0.15) is 6.42 Å². The zero-order valence-corrected chi connectivity index (χ0v) is 8.03. The van der Waals surface area contributed by atoms with Crippen LogP contribution in [0.25, 0.3) is 0 Å². The molecule has 1 aliphatic rings. The number of rotatable bonds is 3. The molecule has 1 fully saturated rings. The fourth-order valence-corrected chi connectivity index (χ4v) is 1.68. The Kier molecular flexibility index (Phi) is 3.88. The van der Waals surface area contributed by atoms with E-state index in [4.69, 9.17) is 10.8 Å². The third kappa shape index (κ3) is 3.74. The van der Waals surface area contributed by atoms with Gasteiger partial charge < -0.3 is 16.2 Å². The average Bonchev–Trinajstić information content (AvgIpc) is 2.07. The average molecular weight is 200 g/mol. The lowest BCUT2D eigenvalue weighted by Crippen LogP contribution is -2.41. The van der Waals surface area contributed by atoms with Crippen molar-refractivity contribution in [3.63, 3.8) is 0 Å².